The molecular formula is C45H83NO3. The Labute approximate surface area is 305 Å². The topological polar surface area (TPSA) is 69.6 Å². The number of hydrogen-bond acceptors (Lipinski definition) is 3. The Bertz CT molecular complexity index is 786. The van der Waals surface area contributed by atoms with E-state index in [-0.39, 0.29) is 12.5 Å². The van der Waals surface area contributed by atoms with Crippen molar-refractivity contribution >= 4 is 5.91 Å². The molecule has 2 unspecified atom stereocenters. The summed E-state index contributed by atoms with van der Waals surface area (Å²) < 4.78 is 0. The largest absolute Gasteiger partial charge is 0.394 e. The SMILES string of the molecule is CCCC/C=C/CC/C=C/C(O)C(CO)NC(=O)CCCCCCCCCCCCCCCCCCC/C=C\C/C=C\CCCCCCC. The van der Waals surface area contributed by atoms with Gasteiger partial charge in [-0.15, -0.1) is 0 Å². The molecule has 0 heterocycles. The monoisotopic (exact) mass is 686 g/mol. The molecule has 0 saturated heterocycles. The van der Waals surface area contributed by atoms with Crippen molar-refractivity contribution in [3.8, 4) is 0 Å². The molecule has 4 nitrogen and oxygen atoms in total. The number of hydrogen-bond donors (Lipinski definition) is 3. The summed E-state index contributed by atoms with van der Waals surface area (Å²) in [6, 6.07) is -0.635. The van der Waals surface area contributed by atoms with E-state index in [4.69, 9.17) is 0 Å². The quantitative estimate of drug-likeness (QED) is 0.0447. The number of aliphatic hydroxyl groups is 2. The van der Waals surface area contributed by atoms with Crippen LogP contribution in [-0.4, -0.2) is 34.9 Å². The first-order valence-corrected chi connectivity index (χ1v) is 21.4. The van der Waals surface area contributed by atoms with E-state index in [0.717, 1.165) is 38.5 Å². The van der Waals surface area contributed by atoms with E-state index in [1.54, 1.807) is 6.08 Å². The van der Waals surface area contributed by atoms with Crippen molar-refractivity contribution in [1.82, 2.24) is 5.32 Å². The van der Waals surface area contributed by atoms with Crippen molar-refractivity contribution < 1.29 is 15.0 Å². The van der Waals surface area contributed by atoms with Gasteiger partial charge in [-0.05, 0) is 57.8 Å². The number of amides is 1. The lowest BCUT2D eigenvalue weighted by Crippen LogP contribution is -2.45. The molecule has 0 radical (unpaired) electrons. The van der Waals surface area contributed by atoms with E-state index in [2.05, 4.69) is 55.6 Å². The summed E-state index contributed by atoms with van der Waals surface area (Å²) >= 11 is 0. The predicted molar refractivity (Wildman–Crippen MR) is 216 cm³/mol. The Kier molecular flexibility index (Phi) is 39.4. The standard InChI is InChI=1S/C45H83NO3/c1-3-5-7-9-11-13-14-15-16-17-18-19-20-21-22-23-24-25-26-27-28-29-30-31-32-33-35-37-39-41-45(49)46-43(42-47)44(48)40-38-36-34-12-10-8-6-4-2/h10,12,14-15,17-18,38,40,43-44,47-48H,3-9,11,13,16,19-37,39,41-42H2,1-2H3,(H,46,49)/b12-10+,15-14-,18-17-,40-38+. The van der Waals surface area contributed by atoms with Crippen LogP contribution in [0.25, 0.3) is 0 Å². The van der Waals surface area contributed by atoms with Crippen LogP contribution in [-0.2, 0) is 4.79 Å². The minimum Gasteiger partial charge on any atom is -0.394 e. The van der Waals surface area contributed by atoms with Crippen LogP contribution in [0.15, 0.2) is 48.6 Å². The van der Waals surface area contributed by atoms with Crippen LogP contribution < -0.4 is 5.32 Å². The third-order valence-corrected chi connectivity index (χ3v) is 9.53. The van der Waals surface area contributed by atoms with Gasteiger partial charge in [0.2, 0.25) is 5.91 Å². The summed E-state index contributed by atoms with van der Waals surface area (Å²) in [6.45, 7) is 4.21. The zero-order chi connectivity index (χ0) is 35.7. The Morgan fingerprint density at radius 2 is 0.878 bits per heavy atom. The number of nitrogens with one attached hydrogen (secondary N) is 1. The van der Waals surface area contributed by atoms with Crippen LogP contribution in [0, 0.1) is 0 Å². The van der Waals surface area contributed by atoms with Gasteiger partial charge in [-0.1, -0.05) is 197 Å². The molecule has 0 aromatic rings. The fourth-order valence-corrected chi connectivity index (χ4v) is 6.21. The molecular weight excluding hydrogens is 602 g/mol. The highest BCUT2D eigenvalue weighted by molar-refractivity contribution is 5.76. The van der Waals surface area contributed by atoms with Crippen LogP contribution >= 0.6 is 0 Å². The van der Waals surface area contributed by atoms with Crippen molar-refractivity contribution in [2.45, 2.75) is 225 Å². The molecule has 1 amide bonds. The molecule has 0 aliphatic carbocycles. The number of unbranched alkanes of at least 4 members (excludes halogenated alkanes) is 25. The van der Waals surface area contributed by atoms with Crippen LogP contribution in [0.5, 0.6) is 0 Å². The van der Waals surface area contributed by atoms with Gasteiger partial charge in [0.1, 0.15) is 0 Å². The average molecular weight is 686 g/mol. The fourth-order valence-electron chi connectivity index (χ4n) is 6.21. The van der Waals surface area contributed by atoms with E-state index in [1.807, 2.05) is 6.08 Å². The van der Waals surface area contributed by atoms with Gasteiger partial charge in [-0.2, -0.15) is 0 Å². The molecule has 0 bridgehead atoms. The van der Waals surface area contributed by atoms with E-state index in [1.165, 1.54) is 154 Å². The number of aliphatic hydroxyl groups excluding tert-OH is 2. The van der Waals surface area contributed by atoms with Crippen molar-refractivity contribution in [2.75, 3.05) is 6.61 Å². The second-order valence-corrected chi connectivity index (χ2v) is 14.4. The van der Waals surface area contributed by atoms with Gasteiger partial charge in [0.15, 0.2) is 0 Å². The van der Waals surface area contributed by atoms with Crippen molar-refractivity contribution in [2.24, 2.45) is 0 Å². The maximum Gasteiger partial charge on any atom is 0.220 e. The summed E-state index contributed by atoms with van der Waals surface area (Å²) in [5.74, 6) is -0.0776. The maximum absolute atomic E-state index is 12.3. The first-order chi connectivity index (χ1) is 24.2. The first kappa shape index (κ1) is 47.4. The van der Waals surface area contributed by atoms with Gasteiger partial charge in [0.05, 0.1) is 18.8 Å². The highest BCUT2D eigenvalue weighted by atomic mass is 16.3. The Morgan fingerprint density at radius 3 is 1.37 bits per heavy atom. The van der Waals surface area contributed by atoms with Crippen LogP contribution in [0.4, 0.5) is 0 Å². The molecule has 0 saturated carbocycles. The lowest BCUT2D eigenvalue weighted by molar-refractivity contribution is -0.123. The Balaban J connectivity index is 3.45. The molecule has 0 aromatic carbocycles. The smallest absolute Gasteiger partial charge is 0.220 e. The van der Waals surface area contributed by atoms with E-state index < -0.39 is 12.1 Å². The molecule has 0 aliphatic rings. The zero-order valence-corrected chi connectivity index (χ0v) is 32.7. The van der Waals surface area contributed by atoms with Gasteiger partial charge in [-0.25, -0.2) is 0 Å². The minimum atomic E-state index is -0.858. The van der Waals surface area contributed by atoms with E-state index in [0.29, 0.717) is 6.42 Å². The first-order valence-electron chi connectivity index (χ1n) is 21.4. The predicted octanol–water partition coefficient (Wildman–Crippen LogP) is 13.2. The third kappa shape index (κ3) is 37.4. The normalized spacial score (nSPS) is 13.5. The van der Waals surface area contributed by atoms with E-state index >= 15 is 0 Å². The zero-order valence-electron chi connectivity index (χ0n) is 32.7. The highest BCUT2D eigenvalue weighted by Crippen LogP contribution is 2.15. The minimum absolute atomic E-state index is 0.0776. The second kappa shape index (κ2) is 40.8. The molecule has 0 aliphatic heterocycles. The molecule has 2 atom stereocenters. The molecule has 49 heavy (non-hydrogen) atoms. The van der Waals surface area contributed by atoms with E-state index in [9.17, 15) is 15.0 Å². The van der Waals surface area contributed by atoms with Gasteiger partial charge < -0.3 is 15.5 Å². The number of rotatable bonds is 38. The molecule has 286 valence electrons. The van der Waals surface area contributed by atoms with Gasteiger partial charge in [-0.3, -0.25) is 4.79 Å². The molecule has 0 fully saturated rings. The summed E-state index contributed by atoms with van der Waals surface area (Å²) in [5, 5.41) is 22.8. The number of carbonyl (C=O) groups is 1. The fraction of sp³-hybridized carbons (Fsp3) is 0.800. The Hall–Kier alpha value is -1.65. The van der Waals surface area contributed by atoms with Crippen molar-refractivity contribution in [1.29, 1.82) is 0 Å². The molecule has 0 rings (SSSR count). The van der Waals surface area contributed by atoms with Crippen molar-refractivity contribution in [3.63, 3.8) is 0 Å². The van der Waals surface area contributed by atoms with Crippen molar-refractivity contribution in [3.05, 3.63) is 48.6 Å². The average Bonchev–Trinajstić information content (AvgIpc) is 3.10. The summed E-state index contributed by atoms with van der Waals surface area (Å²) in [5.41, 5.74) is 0. The molecule has 0 spiro atoms. The lowest BCUT2D eigenvalue weighted by Gasteiger charge is -2.19. The van der Waals surface area contributed by atoms with Crippen LogP contribution in [0.1, 0.15) is 213 Å². The summed E-state index contributed by atoms with van der Waals surface area (Å²) in [4.78, 5) is 12.3. The van der Waals surface area contributed by atoms with Gasteiger partial charge in [0, 0.05) is 6.42 Å². The highest BCUT2D eigenvalue weighted by Gasteiger charge is 2.17. The maximum atomic E-state index is 12.3. The summed E-state index contributed by atoms with van der Waals surface area (Å²) in [6.07, 6.45) is 55.3. The molecule has 3 N–H and O–H groups in total. The number of allylic oxidation sites excluding steroid dienone is 7. The van der Waals surface area contributed by atoms with Gasteiger partial charge in [0.25, 0.3) is 0 Å². The summed E-state index contributed by atoms with van der Waals surface area (Å²) in [7, 11) is 0. The lowest BCUT2D eigenvalue weighted by atomic mass is 10.0. The van der Waals surface area contributed by atoms with Crippen LogP contribution in [0.3, 0.4) is 0 Å². The van der Waals surface area contributed by atoms with Gasteiger partial charge >= 0.3 is 0 Å². The second-order valence-electron chi connectivity index (χ2n) is 14.4. The molecule has 0 aromatic heterocycles. The Morgan fingerprint density at radius 1 is 0.490 bits per heavy atom. The third-order valence-electron chi connectivity index (χ3n) is 9.53. The molecule has 4 heteroatoms. The number of carbonyl (C=O) groups excluding carboxylic acids is 1. The van der Waals surface area contributed by atoms with Crippen LogP contribution in [0.2, 0.25) is 0 Å².